The average molecular weight is 311 g/mol. The second kappa shape index (κ2) is 6.35. The van der Waals surface area contributed by atoms with Gasteiger partial charge in [0, 0.05) is 23.9 Å². The van der Waals surface area contributed by atoms with Crippen molar-refractivity contribution in [2.45, 2.75) is 84.4 Å². The lowest BCUT2D eigenvalue weighted by atomic mass is 9.79. The van der Waals surface area contributed by atoms with Gasteiger partial charge < -0.3 is 10.1 Å². The van der Waals surface area contributed by atoms with Crippen LogP contribution in [0.4, 0.5) is 0 Å². The van der Waals surface area contributed by atoms with Crippen LogP contribution in [0.2, 0.25) is 0 Å². The number of thiazole rings is 1. The van der Waals surface area contributed by atoms with E-state index < -0.39 is 0 Å². The molecule has 1 fully saturated rings. The van der Waals surface area contributed by atoms with Crippen LogP contribution in [0.5, 0.6) is 0 Å². The van der Waals surface area contributed by atoms with Gasteiger partial charge in [0.2, 0.25) is 0 Å². The molecule has 1 N–H and O–H groups in total. The van der Waals surface area contributed by atoms with Gasteiger partial charge in [-0.3, -0.25) is 0 Å². The fraction of sp³-hybridized carbons (Fsp3) is 0.824. The van der Waals surface area contributed by atoms with Crippen molar-refractivity contribution in [1.29, 1.82) is 0 Å². The zero-order valence-corrected chi connectivity index (χ0v) is 15.2. The third-order valence-corrected chi connectivity index (χ3v) is 5.82. The minimum atomic E-state index is -0.0495. The second-order valence-electron chi connectivity index (χ2n) is 6.84. The number of aromatic nitrogens is 1. The lowest BCUT2D eigenvalue weighted by Gasteiger charge is -2.46. The molecule has 0 radical (unpaired) electrons. The van der Waals surface area contributed by atoms with E-state index in [0.717, 1.165) is 32.3 Å². The van der Waals surface area contributed by atoms with E-state index in [4.69, 9.17) is 9.72 Å². The molecule has 120 valence electrons. The summed E-state index contributed by atoms with van der Waals surface area (Å²) in [5.41, 5.74) is 1.18. The molecular formula is C17H30N2OS. The Hall–Kier alpha value is -0.450. The summed E-state index contributed by atoms with van der Waals surface area (Å²) >= 11 is 1.87. The number of nitrogens with zero attached hydrogens (tertiary/aromatic N) is 1. The Morgan fingerprint density at radius 2 is 2.10 bits per heavy atom. The predicted molar refractivity (Wildman–Crippen MR) is 90.1 cm³/mol. The summed E-state index contributed by atoms with van der Waals surface area (Å²) in [4.78, 5) is 6.34. The number of ether oxygens (including phenoxy) is 1. The minimum absolute atomic E-state index is 0.0278. The topological polar surface area (TPSA) is 34.2 Å². The monoisotopic (exact) mass is 310 g/mol. The summed E-state index contributed by atoms with van der Waals surface area (Å²) in [5, 5.41) is 5.09. The molecule has 1 aliphatic rings. The Labute approximate surface area is 133 Å². The largest absolute Gasteiger partial charge is 0.375 e. The highest BCUT2D eigenvalue weighted by Gasteiger charge is 2.45. The van der Waals surface area contributed by atoms with Crippen molar-refractivity contribution in [3.8, 4) is 0 Å². The first kappa shape index (κ1) is 16.9. The van der Waals surface area contributed by atoms with E-state index >= 15 is 0 Å². The van der Waals surface area contributed by atoms with Crippen LogP contribution >= 0.6 is 11.3 Å². The molecule has 1 aliphatic heterocycles. The molecule has 0 spiro atoms. The smallest absolute Gasteiger partial charge is 0.113 e. The molecule has 2 unspecified atom stereocenters. The highest BCUT2D eigenvalue weighted by Crippen LogP contribution is 2.43. The van der Waals surface area contributed by atoms with Crippen molar-refractivity contribution >= 4 is 11.3 Å². The highest BCUT2D eigenvalue weighted by molar-refractivity contribution is 7.11. The van der Waals surface area contributed by atoms with Crippen LogP contribution in [0.3, 0.4) is 0 Å². The SMILES string of the molecule is CCc1nc(C2(NC(C)C)CCOC(C)(CC)C2)sc1C. The van der Waals surface area contributed by atoms with E-state index in [-0.39, 0.29) is 11.1 Å². The molecule has 2 atom stereocenters. The van der Waals surface area contributed by atoms with Crippen molar-refractivity contribution in [1.82, 2.24) is 10.3 Å². The molecule has 0 amide bonds. The fourth-order valence-electron chi connectivity index (χ4n) is 3.36. The van der Waals surface area contributed by atoms with Crippen molar-refractivity contribution in [3.05, 3.63) is 15.6 Å². The molecule has 1 saturated heterocycles. The standard InChI is InChI=1S/C17H30N2OS/c1-7-14-13(5)21-15(18-14)17(19-12(3)4)9-10-20-16(6,8-2)11-17/h12,19H,7-11H2,1-6H3. The third kappa shape index (κ3) is 3.49. The Bertz CT molecular complexity index is 485. The van der Waals surface area contributed by atoms with Gasteiger partial charge >= 0.3 is 0 Å². The summed E-state index contributed by atoms with van der Waals surface area (Å²) in [6, 6.07) is 0.443. The number of rotatable bonds is 5. The number of nitrogens with one attached hydrogen (secondary N) is 1. The normalized spacial score (nSPS) is 30.0. The number of hydrogen-bond acceptors (Lipinski definition) is 4. The van der Waals surface area contributed by atoms with Gasteiger partial charge in [0.1, 0.15) is 5.01 Å². The lowest BCUT2D eigenvalue weighted by molar-refractivity contribution is -0.105. The van der Waals surface area contributed by atoms with E-state index in [1.807, 2.05) is 11.3 Å². The second-order valence-corrected chi connectivity index (χ2v) is 8.04. The molecule has 2 rings (SSSR count). The fourth-order valence-corrected chi connectivity index (χ4v) is 4.54. The van der Waals surface area contributed by atoms with Crippen molar-refractivity contribution < 1.29 is 4.74 Å². The molecule has 3 nitrogen and oxygen atoms in total. The third-order valence-electron chi connectivity index (χ3n) is 4.60. The molecule has 1 aromatic heterocycles. The molecule has 1 aromatic rings. The van der Waals surface area contributed by atoms with Gasteiger partial charge in [0.25, 0.3) is 0 Å². The zero-order valence-electron chi connectivity index (χ0n) is 14.4. The van der Waals surface area contributed by atoms with Gasteiger partial charge in [-0.05, 0) is 47.0 Å². The van der Waals surface area contributed by atoms with E-state index in [1.54, 1.807) is 0 Å². The maximum atomic E-state index is 6.07. The molecule has 2 heterocycles. The summed E-state index contributed by atoms with van der Waals surface area (Å²) in [6.07, 6.45) is 4.07. The van der Waals surface area contributed by atoms with Crippen LogP contribution < -0.4 is 5.32 Å². The van der Waals surface area contributed by atoms with E-state index in [0.29, 0.717) is 6.04 Å². The Morgan fingerprint density at radius 1 is 1.38 bits per heavy atom. The molecule has 21 heavy (non-hydrogen) atoms. The summed E-state index contributed by atoms with van der Waals surface area (Å²) in [5.74, 6) is 0. The lowest BCUT2D eigenvalue weighted by Crippen LogP contribution is -2.55. The summed E-state index contributed by atoms with van der Waals surface area (Å²) in [6.45, 7) is 14.1. The van der Waals surface area contributed by atoms with Gasteiger partial charge in [-0.25, -0.2) is 4.98 Å². The first-order valence-electron chi connectivity index (χ1n) is 8.22. The molecule has 0 aliphatic carbocycles. The van der Waals surface area contributed by atoms with E-state index in [9.17, 15) is 0 Å². The quantitative estimate of drug-likeness (QED) is 0.885. The molecule has 4 heteroatoms. The van der Waals surface area contributed by atoms with Gasteiger partial charge in [-0.1, -0.05) is 13.8 Å². The average Bonchev–Trinajstić information content (AvgIpc) is 2.80. The Balaban J connectivity index is 2.41. The predicted octanol–water partition coefficient (Wildman–Crippen LogP) is 4.19. The van der Waals surface area contributed by atoms with E-state index in [2.05, 4.69) is 46.9 Å². The van der Waals surface area contributed by atoms with Gasteiger partial charge in [-0.15, -0.1) is 11.3 Å². The van der Waals surface area contributed by atoms with Crippen LogP contribution in [0.15, 0.2) is 0 Å². The molecule has 0 aromatic carbocycles. The molecule has 0 saturated carbocycles. The van der Waals surface area contributed by atoms with Gasteiger partial charge in [-0.2, -0.15) is 0 Å². The van der Waals surface area contributed by atoms with Gasteiger partial charge in [0.05, 0.1) is 16.8 Å². The Morgan fingerprint density at radius 3 is 2.62 bits per heavy atom. The minimum Gasteiger partial charge on any atom is -0.375 e. The van der Waals surface area contributed by atoms with Crippen molar-refractivity contribution in [3.63, 3.8) is 0 Å². The highest BCUT2D eigenvalue weighted by atomic mass is 32.1. The summed E-state index contributed by atoms with van der Waals surface area (Å²) in [7, 11) is 0. The first-order chi connectivity index (χ1) is 9.84. The van der Waals surface area contributed by atoms with Crippen LogP contribution in [-0.4, -0.2) is 23.2 Å². The molecule has 0 bridgehead atoms. The van der Waals surface area contributed by atoms with Crippen LogP contribution in [0.1, 0.15) is 69.5 Å². The van der Waals surface area contributed by atoms with Crippen LogP contribution in [0, 0.1) is 6.92 Å². The first-order valence-corrected chi connectivity index (χ1v) is 9.04. The maximum Gasteiger partial charge on any atom is 0.113 e. The summed E-state index contributed by atoms with van der Waals surface area (Å²) < 4.78 is 6.07. The van der Waals surface area contributed by atoms with Crippen LogP contribution in [-0.2, 0) is 16.7 Å². The van der Waals surface area contributed by atoms with Crippen molar-refractivity contribution in [2.24, 2.45) is 0 Å². The van der Waals surface area contributed by atoms with Crippen LogP contribution in [0.25, 0.3) is 0 Å². The zero-order chi connectivity index (χ0) is 15.7. The van der Waals surface area contributed by atoms with E-state index in [1.165, 1.54) is 15.6 Å². The van der Waals surface area contributed by atoms with Crippen molar-refractivity contribution in [2.75, 3.05) is 6.61 Å². The Kier molecular flexibility index (Phi) is 5.11. The molecular weight excluding hydrogens is 280 g/mol. The number of hydrogen-bond donors (Lipinski definition) is 1. The maximum absolute atomic E-state index is 6.07. The van der Waals surface area contributed by atoms with Gasteiger partial charge in [0.15, 0.2) is 0 Å². The number of aryl methyl sites for hydroxylation is 2.